The Morgan fingerprint density at radius 2 is 1.75 bits per heavy atom. The molecule has 2 aromatic carbocycles. The summed E-state index contributed by atoms with van der Waals surface area (Å²) in [5.74, 6) is -0.762. The minimum Gasteiger partial charge on any atom is -0.466 e. The number of nitrogens with zero attached hydrogens (tertiary/aromatic N) is 4. The molecule has 6 atom stereocenters. The number of carbonyl (C=O) groups is 2. The first-order chi connectivity index (χ1) is 25.6. The Hall–Kier alpha value is -4.88. The number of nitriles is 1. The van der Waals surface area contributed by atoms with Crippen molar-refractivity contribution in [3.05, 3.63) is 90.4 Å². The summed E-state index contributed by atoms with van der Waals surface area (Å²) in [5, 5.41) is 39.4. The predicted octanol–water partition coefficient (Wildman–Crippen LogP) is 3.61. The molecule has 16 nitrogen and oxygen atoms in total. The second-order valence-electron chi connectivity index (χ2n) is 12.4. The number of hydrogen-bond donors (Lipinski definition) is 4. The molecule has 1 fully saturated rings. The average Bonchev–Trinajstić information content (AvgIpc) is 3.71. The largest absolute Gasteiger partial charge is 0.466 e. The van der Waals surface area contributed by atoms with Crippen molar-refractivity contribution in [3.8, 4) is 11.8 Å². The SMILES string of the molecule is CCCCC(=O)OCCCCOC(=O)C(Cc1ccccc1)NP(=O)(OC[C@H]1O[C@@](C#N)(c2ccc3c(N)ncnn23)[C@H](O)[C@@H]1O)Oc1ccccc1. The lowest BCUT2D eigenvalue weighted by molar-refractivity contribution is -0.147. The molecule has 0 radical (unpaired) electrons. The number of aromatic nitrogens is 3. The van der Waals surface area contributed by atoms with Gasteiger partial charge in [-0.1, -0.05) is 61.9 Å². The minimum atomic E-state index is -4.52. The lowest BCUT2D eigenvalue weighted by Gasteiger charge is -2.26. The van der Waals surface area contributed by atoms with Crippen LogP contribution in [0.1, 0.15) is 50.3 Å². The summed E-state index contributed by atoms with van der Waals surface area (Å²) in [7, 11) is -4.52. The van der Waals surface area contributed by atoms with Crippen molar-refractivity contribution in [1.29, 1.82) is 5.26 Å². The second-order valence-corrected chi connectivity index (χ2v) is 14.1. The summed E-state index contributed by atoms with van der Waals surface area (Å²) in [5.41, 5.74) is 4.94. The van der Waals surface area contributed by atoms with E-state index in [9.17, 15) is 29.6 Å². The Balaban J connectivity index is 1.32. The summed E-state index contributed by atoms with van der Waals surface area (Å²) < 4.78 is 44.2. The van der Waals surface area contributed by atoms with Crippen molar-refractivity contribution < 1.29 is 47.6 Å². The molecule has 282 valence electrons. The van der Waals surface area contributed by atoms with Crippen LogP contribution in [0.25, 0.3) is 5.52 Å². The number of esters is 2. The zero-order valence-corrected chi connectivity index (χ0v) is 30.0. The highest BCUT2D eigenvalue weighted by Gasteiger charge is 2.58. The molecular formula is C36H43N6O10P. The molecule has 0 saturated carbocycles. The number of ether oxygens (including phenoxy) is 3. The quantitative estimate of drug-likeness (QED) is 0.0609. The van der Waals surface area contributed by atoms with Crippen molar-refractivity contribution in [3.63, 3.8) is 0 Å². The highest BCUT2D eigenvalue weighted by Crippen LogP contribution is 2.47. The van der Waals surface area contributed by atoms with Gasteiger partial charge in [-0.15, -0.1) is 0 Å². The summed E-state index contributed by atoms with van der Waals surface area (Å²) in [6.45, 7) is 1.53. The third-order valence-corrected chi connectivity index (χ3v) is 10.1. The molecule has 17 heteroatoms. The molecule has 1 aliphatic rings. The number of unbranched alkanes of at least 4 members (excludes halogenated alkanes) is 2. The van der Waals surface area contributed by atoms with Crippen LogP contribution in [0, 0.1) is 11.3 Å². The zero-order valence-electron chi connectivity index (χ0n) is 29.2. The van der Waals surface area contributed by atoms with Crippen LogP contribution in [0.15, 0.2) is 79.1 Å². The van der Waals surface area contributed by atoms with E-state index in [0.29, 0.717) is 30.3 Å². The monoisotopic (exact) mass is 750 g/mol. The Bertz CT molecular complexity index is 1910. The van der Waals surface area contributed by atoms with Crippen LogP contribution >= 0.6 is 7.75 Å². The normalized spacial score (nSPS) is 21.4. The topological polar surface area (TPSA) is 230 Å². The number of aliphatic hydroxyl groups is 2. The lowest BCUT2D eigenvalue weighted by atomic mass is 9.92. The first kappa shape index (κ1) is 39.3. The molecule has 0 spiro atoms. The maximum atomic E-state index is 14.5. The minimum absolute atomic E-state index is 0.00421. The Kier molecular flexibility index (Phi) is 13.5. The number of nitrogen functional groups attached to an aromatic ring is 1. The molecule has 5 rings (SSSR count). The number of hydrogen-bond acceptors (Lipinski definition) is 14. The predicted molar refractivity (Wildman–Crippen MR) is 190 cm³/mol. The van der Waals surface area contributed by atoms with Gasteiger partial charge in [0.25, 0.3) is 0 Å². The average molecular weight is 751 g/mol. The van der Waals surface area contributed by atoms with Crippen molar-refractivity contribution in [1.82, 2.24) is 19.7 Å². The summed E-state index contributed by atoms with van der Waals surface area (Å²) in [4.78, 5) is 29.2. The van der Waals surface area contributed by atoms with Crippen molar-refractivity contribution in [2.24, 2.45) is 0 Å². The van der Waals surface area contributed by atoms with Gasteiger partial charge in [0, 0.05) is 6.42 Å². The first-order valence-electron chi connectivity index (χ1n) is 17.3. The van der Waals surface area contributed by atoms with Crippen LogP contribution in [-0.2, 0) is 44.9 Å². The molecular weight excluding hydrogens is 707 g/mol. The third kappa shape index (κ3) is 9.76. The lowest BCUT2D eigenvalue weighted by Crippen LogP contribution is -2.41. The molecule has 1 saturated heterocycles. The standard InChI is InChI=1S/C36H43N6O10P/c1-2-3-16-31(43)48-19-10-11-20-49-35(46)27(21-25-12-6-4-7-13-25)41-53(47,52-26-14-8-5-9-15-26)50-22-29-32(44)33(45)36(23-37,51-29)30-18-17-28-34(38)39-24-40-42(28)30/h4-9,12-15,17-18,24,27,29,32-33,44-45H,2-3,10-11,16,19-22H2,1H3,(H,41,47)(H2,38,39,40)/t27?,29-,32-,33-,36+,53?/m1/s1. The summed E-state index contributed by atoms with van der Waals surface area (Å²) in [6, 6.07) is 20.8. The van der Waals surface area contributed by atoms with E-state index in [1.165, 1.54) is 35.1 Å². The van der Waals surface area contributed by atoms with Crippen LogP contribution in [0.3, 0.4) is 0 Å². The molecule has 5 N–H and O–H groups in total. The van der Waals surface area contributed by atoms with E-state index in [1.807, 2.05) is 19.1 Å². The maximum absolute atomic E-state index is 14.5. The van der Waals surface area contributed by atoms with E-state index in [0.717, 1.165) is 12.8 Å². The first-order valence-corrected chi connectivity index (χ1v) is 18.8. The number of para-hydroxylation sites is 1. The Morgan fingerprint density at radius 3 is 2.45 bits per heavy atom. The van der Waals surface area contributed by atoms with E-state index in [2.05, 4.69) is 15.2 Å². The zero-order chi connectivity index (χ0) is 37.8. The second kappa shape index (κ2) is 18.2. The summed E-state index contributed by atoms with van der Waals surface area (Å²) in [6.07, 6.45) is -0.814. The van der Waals surface area contributed by atoms with Crippen molar-refractivity contribution in [2.75, 3.05) is 25.6 Å². The smallest absolute Gasteiger partial charge is 0.459 e. The number of anilines is 1. The van der Waals surface area contributed by atoms with E-state index in [-0.39, 0.29) is 42.9 Å². The maximum Gasteiger partial charge on any atom is 0.459 e. The van der Waals surface area contributed by atoms with Gasteiger partial charge in [-0.25, -0.2) is 14.1 Å². The van der Waals surface area contributed by atoms with E-state index in [1.54, 1.807) is 42.5 Å². The number of rotatable bonds is 19. The molecule has 1 aliphatic heterocycles. The Labute approximate surface area is 306 Å². The van der Waals surface area contributed by atoms with Gasteiger partial charge in [0.05, 0.1) is 25.5 Å². The molecule has 4 aromatic rings. The van der Waals surface area contributed by atoms with Crippen LogP contribution < -0.4 is 15.3 Å². The van der Waals surface area contributed by atoms with Gasteiger partial charge in [-0.05, 0) is 55.5 Å². The van der Waals surface area contributed by atoms with Crippen LogP contribution in [0.5, 0.6) is 5.75 Å². The van der Waals surface area contributed by atoms with E-state index < -0.39 is 50.3 Å². The van der Waals surface area contributed by atoms with Gasteiger partial charge < -0.3 is 34.7 Å². The molecule has 0 aliphatic carbocycles. The molecule has 2 aromatic heterocycles. The number of aliphatic hydroxyl groups excluding tert-OH is 2. The number of nitrogens with one attached hydrogen (secondary N) is 1. The third-order valence-electron chi connectivity index (χ3n) is 8.53. The molecule has 53 heavy (non-hydrogen) atoms. The van der Waals surface area contributed by atoms with Gasteiger partial charge >= 0.3 is 19.7 Å². The number of fused-ring (bicyclic) bond motifs is 1. The number of benzene rings is 2. The van der Waals surface area contributed by atoms with Gasteiger partial charge in [-0.3, -0.25) is 14.1 Å². The Morgan fingerprint density at radius 1 is 1.06 bits per heavy atom. The van der Waals surface area contributed by atoms with Crippen molar-refractivity contribution >= 4 is 31.0 Å². The fourth-order valence-electron chi connectivity index (χ4n) is 5.71. The highest BCUT2D eigenvalue weighted by atomic mass is 31.2. The van der Waals surface area contributed by atoms with Gasteiger partial charge in [0.1, 0.15) is 48.0 Å². The molecule has 3 heterocycles. The summed E-state index contributed by atoms with van der Waals surface area (Å²) >= 11 is 0. The van der Waals surface area contributed by atoms with Gasteiger partial charge in [0.15, 0.2) is 5.82 Å². The molecule has 2 unspecified atom stereocenters. The number of carbonyl (C=O) groups excluding carboxylic acids is 2. The van der Waals surface area contributed by atoms with Crippen LogP contribution in [-0.4, -0.2) is 80.9 Å². The van der Waals surface area contributed by atoms with Gasteiger partial charge in [0.2, 0.25) is 5.60 Å². The van der Waals surface area contributed by atoms with Crippen LogP contribution in [0.2, 0.25) is 0 Å². The van der Waals surface area contributed by atoms with Crippen molar-refractivity contribution in [2.45, 2.75) is 75.4 Å². The van der Waals surface area contributed by atoms with Crippen LogP contribution in [0.4, 0.5) is 5.82 Å². The van der Waals surface area contributed by atoms with E-state index in [4.69, 9.17) is 29.0 Å². The molecule has 0 amide bonds. The fraction of sp³-hybridized carbons (Fsp3) is 0.417. The van der Waals surface area contributed by atoms with Gasteiger partial charge in [-0.2, -0.15) is 15.4 Å². The number of nitrogens with two attached hydrogens (primary N) is 1. The van der Waals surface area contributed by atoms with E-state index >= 15 is 0 Å². The fourth-order valence-corrected chi connectivity index (χ4v) is 7.21. The highest BCUT2D eigenvalue weighted by molar-refractivity contribution is 7.52. The molecule has 0 bridgehead atoms.